The monoisotopic (exact) mass is 402 g/mol. The Hall–Kier alpha value is -1.52. The van der Waals surface area contributed by atoms with Gasteiger partial charge in [-0.05, 0) is 40.8 Å². The lowest BCUT2D eigenvalue weighted by Crippen LogP contribution is -2.35. The van der Waals surface area contributed by atoms with E-state index < -0.39 is 31.3 Å². The number of ether oxygens (including phenoxy) is 1. The van der Waals surface area contributed by atoms with Crippen LogP contribution in [-0.2, 0) is 9.53 Å². The highest BCUT2D eigenvalue weighted by molar-refractivity contribution is 14.1. The Morgan fingerprint density at radius 1 is 1.30 bits per heavy atom. The molecule has 0 aliphatic rings. The molecule has 0 saturated carbocycles. The van der Waals surface area contributed by atoms with E-state index >= 15 is 0 Å². The summed E-state index contributed by atoms with van der Waals surface area (Å²) in [5, 5.41) is 4.39. The number of alkyl halides is 3. The Labute approximate surface area is 126 Å². The standard InChI is InChI=1S/C11H10F3IN2O3/c12-11(13,14)6-20-10(19)16-5-9(18)17-8-3-1-2-7(15)4-8/h1-4H,5-6H2,(H,16,19)(H,17,18). The average molecular weight is 402 g/mol. The van der Waals surface area contributed by atoms with E-state index in [2.05, 4.69) is 32.6 Å². The summed E-state index contributed by atoms with van der Waals surface area (Å²) in [5.74, 6) is -0.573. The van der Waals surface area contributed by atoms with Crippen LogP contribution in [-0.4, -0.2) is 31.3 Å². The molecule has 0 spiro atoms. The zero-order valence-corrected chi connectivity index (χ0v) is 12.1. The summed E-state index contributed by atoms with van der Waals surface area (Å²) >= 11 is 2.05. The van der Waals surface area contributed by atoms with Gasteiger partial charge in [0.25, 0.3) is 0 Å². The first-order valence-corrected chi connectivity index (χ1v) is 6.37. The van der Waals surface area contributed by atoms with Gasteiger partial charge in [-0.2, -0.15) is 13.2 Å². The van der Waals surface area contributed by atoms with Crippen LogP contribution in [0.15, 0.2) is 24.3 Å². The van der Waals surface area contributed by atoms with Crippen molar-refractivity contribution in [2.24, 2.45) is 0 Å². The Morgan fingerprint density at radius 2 is 2.00 bits per heavy atom. The highest BCUT2D eigenvalue weighted by atomic mass is 127. The zero-order chi connectivity index (χ0) is 15.2. The van der Waals surface area contributed by atoms with Crippen molar-refractivity contribution in [3.8, 4) is 0 Å². The van der Waals surface area contributed by atoms with Crippen LogP contribution in [0, 0.1) is 3.57 Å². The molecule has 0 aliphatic heterocycles. The summed E-state index contributed by atoms with van der Waals surface area (Å²) in [6, 6.07) is 6.88. The Balaban J connectivity index is 2.31. The van der Waals surface area contributed by atoms with E-state index in [1.165, 1.54) is 0 Å². The van der Waals surface area contributed by atoms with Crippen molar-refractivity contribution in [1.29, 1.82) is 0 Å². The number of halogens is 4. The summed E-state index contributed by atoms with van der Waals surface area (Å²) < 4.78 is 40.0. The van der Waals surface area contributed by atoms with Crippen LogP contribution >= 0.6 is 22.6 Å². The van der Waals surface area contributed by atoms with Gasteiger partial charge in [-0.15, -0.1) is 0 Å². The summed E-state index contributed by atoms with van der Waals surface area (Å²) in [4.78, 5) is 22.3. The van der Waals surface area contributed by atoms with Gasteiger partial charge in [-0.1, -0.05) is 6.07 Å². The van der Waals surface area contributed by atoms with Gasteiger partial charge >= 0.3 is 12.3 Å². The maximum Gasteiger partial charge on any atom is 0.422 e. The van der Waals surface area contributed by atoms with E-state index in [-0.39, 0.29) is 0 Å². The quantitative estimate of drug-likeness (QED) is 0.761. The summed E-state index contributed by atoms with van der Waals surface area (Å²) in [7, 11) is 0. The summed E-state index contributed by atoms with van der Waals surface area (Å²) in [6.07, 6.45) is -5.90. The van der Waals surface area contributed by atoms with Crippen LogP contribution in [0.1, 0.15) is 0 Å². The van der Waals surface area contributed by atoms with Gasteiger partial charge in [-0.3, -0.25) is 4.79 Å². The molecule has 0 saturated heterocycles. The molecule has 2 amide bonds. The van der Waals surface area contributed by atoms with Crippen LogP contribution < -0.4 is 10.6 Å². The molecule has 20 heavy (non-hydrogen) atoms. The van der Waals surface area contributed by atoms with Crippen LogP contribution in [0.25, 0.3) is 0 Å². The molecule has 1 aromatic rings. The number of carbonyl (C=O) groups excluding carboxylic acids is 2. The molecule has 5 nitrogen and oxygen atoms in total. The highest BCUT2D eigenvalue weighted by Crippen LogP contribution is 2.14. The lowest BCUT2D eigenvalue weighted by Gasteiger charge is -2.09. The molecule has 0 atom stereocenters. The maximum atomic E-state index is 11.8. The minimum absolute atomic E-state index is 0.484. The molecular weight excluding hydrogens is 392 g/mol. The second-order valence-corrected chi connectivity index (χ2v) is 4.85. The van der Waals surface area contributed by atoms with Crippen LogP contribution in [0.3, 0.4) is 0 Å². The first-order valence-electron chi connectivity index (χ1n) is 5.29. The number of hydrogen-bond donors (Lipinski definition) is 2. The fraction of sp³-hybridized carbons (Fsp3) is 0.273. The SMILES string of the molecule is O=C(CNC(=O)OCC(F)(F)F)Nc1cccc(I)c1. The fourth-order valence-electron chi connectivity index (χ4n) is 1.12. The Morgan fingerprint density at radius 3 is 2.60 bits per heavy atom. The molecule has 0 bridgehead atoms. The second-order valence-electron chi connectivity index (χ2n) is 3.60. The lowest BCUT2D eigenvalue weighted by atomic mass is 10.3. The Bertz CT molecular complexity index is 494. The van der Waals surface area contributed by atoms with E-state index in [0.29, 0.717) is 5.69 Å². The smallest absolute Gasteiger partial charge is 0.422 e. The molecule has 0 heterocycles. The van der Waals surface area contributed by atoms with E-state index in [1.54, 1.807) is 18.2 Å². The molecule has 0 radical (unpaired) electrons. The third-order valence-electron chi connectivity index (χ3n) is 1.87. The molecule has 110 valence electrons. The lowest BCUT2D eigenvalue weighted by molar-refractivity contribution is -0.160. The Kier molecular flexibility index (Phi) is 6.05. The predicted molar refractivity (Wildman–Crippen MR) is 73.2 cm³/mol. The minimum Gasteiger partial charge on any atom is -0.440 e. The van der Waals surface area contributed by atoms with Gasteiger partial charge in [0.1, 0.15) is 6.54 Å². The molecule has 0 unspecified atom stereocenters. The van der Waals surface area contributed by atoms with E-state index in [1.807, 2.05) is 11.4 Å². The van der Waals surface area contributed by atoms with Gasteiger partial charge in [0.15, 0.2) is 6.61 Å². The highest BCUT2D eigenvalue weighted by Gasteiger charge is 2.29. The molecular formula is C11H10F3IN2O3. The third kappa shape index (κ3) is 7.16. The molecule has 0 aliphatic carbocycles. The number of hydrogen-bond acceptors (Lipinski definition) is 3. The normalized spacial score (nSPS) is 10.8. The van der Waals surface area contributed by atoms with Crippen molar-refractivity contribution in [2.75, 3.05) is 18.5 Å². The van der Waals surface area contributed by atoms with Crippen molar-refractivity contribution >= 4 is 40.3 Å². The van der Waals surface area contributed by atoms with Gasteiger partial charge < -0.3 is 15.4 Å². The van der Waals surface area contributed by atoms with Gasteiger partial charge in [0, 0.05) is 9.26 Å². The van der Waals surface area contributed by atoms with E-state index in [9.17, 15) is 22.8 Å². The molecule has 0 aromatic heterocycles. The van der Waals surface area contributed by atoms with E-state index in [0.717, 1.165) is 3.57 Å². The van der Waals surface area contributed by atoms with Crippen molar-refractivity contribution in [1.82, 2.24) is 5.32 Å². The zero-order valence-electron chi connectivity index (χ0n) is 9.96. The maximum absolute atomic E-state index is 11.8. The molecule has 1 aromatic carbocycles. The van der Waals surface area contributed by atoms with Crippen LogP contribution in [0.5, 0.6) is 0 Å². The average Bonchev–Trinajstić information content (AvgIpc) is 2.33. The topological polar surface area (TPSA) is 67.4 Å². The summed E-state index contributed by atoms with van der Waals surface area (Å²) in [6.45, 7) is -2.18. The number of rotatable bonds is 4. The van der Waals surface area contributed by atoms with Gasteiger partial charge in [0.2, 0.25) is 5.91 Å². The number of nitrogens with one attached hydrogen (secondary N) is 2. The predicted octanol–water partition coefficient (Wildman–Crippen LogP) is 2.52. The van der Waals surface area contributed by atoms with Crippen LogP contribution in [0.2, 0.25) is 0 Å². The number of carbonyl (C=O) groups is 2. The summed E-state index contributed by atoms with van der Waals surface area (Å²) in [5.41, 5.74) is 0.521. The number of alkyl carbamates (subject to hydrolysis) is 1. The first kappa shape index (κ1) is 16.5. The second kappa shape index (κ2) is 7.31. The molecule has 9 heteroatoms. The van der Waals surface area contributed by atoms with Crippen molar-refractivity contribution < 1.29 is 27.5 Å². The first-order chi connectivity index (χ1) is 9.26. The molecule has 1 rings (SSSR count). The minimum atomic E-state index is -4.60. The van der Waals surface area contributed by atoms with Crippen molar-refractivity contribution in [3.63, 3.8) is 0 Å². The largest absolute Gasteiger partial charge is 0.440 e. The number of anilines is 1. The number of benzene rings is 1. The van der Waals surface area contributed by atoms with Crippen molar-refractivity contribution in [2.45, 2.75) is 6.18 Å². The molecule has 0 fully saturated rings. The molecule has 2 N–H and O–H groups in total. The fourth-order valence-corrected chi connectivity index (χ4v) is 1.67. The van der Waals surface area contributed by atoms with E-state index in [4.69, 9.17) is 0 Å². The third-order valence-corrected chi connectivity index (χ3v) is 2.54. The number of amides is 2. The van der Waals surface area contributed by atoms with Crippen LogP contribution in [0.4, 0.5) is 23.7 Å². The van der Waals surface area contributed by atoms with Gasteiger partial charge in [0.05, 0.1) is 0 Å². The van der Waals surface area contributed by atoms with Gasteiger partial charge in [-0.25, -0.2) is 4.79 Å². The van der Waals surface area contributed by atoms with Crippen molar-refractivity contribution in [3.05, 3.63) is 27.8 Å².